The fourth-order valence-corrected chi connectivity index (χ4v) is 0.975. The molecule has 3 heteroatoms. The van der Waals surface area contributed by atoms with E-state index in [9.17, 15) is 0 Å². The topological polar surface area (TPSA) is 9.23 Å². The summed E-state index contributed by atoms with van der Waals surface area (Å²) in [5.74, 6) is 0.916. The van der Waals surface area contributed by atoms with Crippen LogP contribution in [0.1, 0.15) is 26.3 Å². The van der Waals surface area contributed by atoms with Gasteiger partial charge < -0.3 is 21.7 Å². The molecule has 0 spiro atoms. The number of aryl methyl sites for hydroxylation is 1. The molecule has 1 nitrogen and oxygen atoms in total. The number of rotatable bonds is 1. The summed E-state index contributed by atoms with van der Waals surface area (Å²) >= 11 is 0. The molecule has 0 saturated carbocycles. The summed E-state index contributed by atoms with van der Waals surface area (Å²) in [6.07, 6.45) is 0. The van der Waals surface area contributed by atoms with Gasteiger partial charge in [-0.3, -0.25) is 0 Å². The van der Waals surface area contributed by atoms with E-state index in [2.05, 4.69) is 6.07 Å². The van der Waals surface area contributed by atoms with Crippen LogP contribution in [0.5, 0.6) is 5.75 Å². The Morgan fingerprint density at radius 2 is 1.86 bits per heavy atom. The zero-order valence-corrected chi connectivity index (χ0v) is 12.2. The van der Waals surface area contributed by atoms with E-state index in [4.69, 9.17) is 4.74 Å². The van der Waals surface area contributed by atoms with E-state index in [-0.39, 0.29) is 45.6 Å². The van der Waals surface area contributed by atoms with E-state index in [1.54, 1.807) is 0 Å². The van der Waals surface area contributed by atoms with Crippen LogP contribution in [0.4, 0.5) is 0 Å². The predicted octanol–water partition coefficient (Wildman–Crippen LogP) is -0.404. The number of ether oxygens (including phenoxy) is 1. The Bertz CT molecular complexity index is 268. The van der Waals surface area contributed by atoms with Crippen LogP contribution < -0.4 is 21.7 Å². The molecular weight excluding hydrogens is 252 g/mol. The van der Waals surface area contributed by atoms with Crippen molar-refractivity contribution in [2.45, 2.75) is 33.3 Å². The quantitative estimate of drug-likeness (QED) is 0.497. The molecule has 1 rings (SSSR count). The first-order valence-corrected chi connectivity index (χ1v) is 4.15. The zero-order chi connectivity index (χ0) is 9.19. The Hall–Kier alpha value is 0.266. The molecule has 0 aliphatic rings. The van der Waals surface area contributed by atoms with Gasteiger partial charge in [-0.25, -0.2) is 0 Å². The summed E-state index contributed by atoms with van der Waals surface area (Å²) in [7, 11) is 0. The number of hydrogen-bond donors (Lipinski definition) is 0. The van der Waals surface area contributed by atoms with Gasteiger partial charge in [-0.05, 0) is 20.8 Å². The molecule has 0 amide bonds. The van der Waals surface area contributed by atoms with E-state index < -0.39 is 0 Å². The number of benzene rings is 1. The molecule has 0 saturated heterocycles. The summed E-state index contributed by atoms with van der Waals surface area (Å²) in [5.41, 5.74) is 0.991. The third-order valence-corrected chi connectivity index (χ3v) is 1.34. The van der Waals surface area contributed by atoms with Gasteiger partial charge in [0.25, 0.3) is 0 Å². The maximum atomic E-state index is 5.66. The minimum absolute atomic E-state index is 0. The minimum Gasteiger partial charge on any atom is -1.00 e. The van der Waals surface area contributed by atoms with Crippen molar-refractivity contribution in [2.24, 2.45) is 0 Å². The van der Waals surface area contributed by atoms with Gasteiger partial charge in [-0.15, -0.1) is 12.1 Å². The molecule has 1 aromatic carbocycles. The van der Waals surface area contributed by atoms with Gasteiger partial charge in [0, 0.05) is 5.75 Å². The number of halogens is 1. The van der Waals surface area contributed by atoms with Crippen molar-refractivity contribution in [2.75, 3.05) is 0 Å². The SMILES string of the molecule is Cc1[c-]ccc(OC(C)(C)C)c1.[Br-].[Mg+2]. The Labute approximate surface area is 113 Å². The van der Waals surface area contributed by atoms with Crippen molar-refractivity contribution < 1.29 is 21.7 Å². The Morgan fingerprint density at radius 1 is 1.29 bits per heavy atom. The second-order valence-electron chi connectivity index (χ2n) is 3.92. The van der Waals surface area contributed by atoms with E-state index in [0.717, 1.165) is 11.3 Å². The molecule has 0 aromatic heterocycles. The molecular formula is C11H15BrMgO. The largest absolute Gasteiger partial charge is 2.00 e. The van der Waals surface area contributed by atoms with Crippen LogP contribution in [0.25, 0.3) is 0 Å². The third kappa shape index (κ3) is 6.68. The molecule has 74 valence electrons. The van der Waals surface area contributed by atoms with Crippen molar-refractivity contribution >= 4 is 23.1 Å². The Balaban J connectivity index is 0. The van der Waals surface area contributed by atoms with Gasteiger partial charge in [-0.2, -0.15) is 17.7 Å². The summed E-state index contributed by atoms with van der Waals surface area (Å²) in [4.78, 5) is 0. The van der Waals surface area contributed by atoms with Crippen LogP contribution in [0.15, 0.2) is 18.2 Å². The normalized spacial score (nSPS) is 9.71. The van der Waals surface area contributed by atoms with Crippen molar-refractivity contribution in [3.05, 3.63) is 29.8 Å². The molecule has 0 unspecified atom stereocenters. The molecule has 0 radical (unpaired) electrons. The number of hydrogen-bond acceptors (Lipinski definition) is 1. The van der Waals surface area contributed by atoms with Crippen LogP contribution >= 0.6 is 0 Å². The fraction of sp³-hybridized carbons (Fsp3) is 0.455. The Kier molecular flexibility index (Phi) is 7.98. The van der Waals surface area contributed by atoms with Gasteiger partial charge >= 0.3 is 23.1 Å². The third-order valence-electron chi connectivity index (χ3n) is 1.34. The van der Waals surface area contributed by atoms with Crippen molar-refractivity contribution in [3.63, 3.8) is 0 Å². The molecule has 0 N–H and O–H groups in total. The second-order valence-corrected chi connectivity index (χ2v) is 3.92. The van der Waals surface area contributed by atoms with Crippen LogP contribution in [0, 0.1) is 13.0 Å². The van der Waals surface area contributed by atoms with E-state index >= 15 is 0 Å². The molecule has 0 aliphatic heterocycles. The summed E-state index contributed by atoms with van der Waals surface area (Å²) < 4.78 is 5.66. The van der Waals surface area contributed by atoms with E-state index in [0.29, 0.717) is 0 Å². The molecule has 0 heterocycles. The standard InChI is InChI=1S/C11H15O.BrH.Mg/c1-9-6-5-7-10(8-9)12-11(2,3)4;;/h5,7-8H,1-4H3;1H;/q-1;;+2/p-1. The van der Waals surface area contributed by atoms with Crippen LogP contribution in [-0.2, 0) is 0 Å². The first-order valence-electron chi connectivity index (χ1n) is 4.15. The molecule has 14 heavy (non-hydrogen) atoms. The maximum Gasteiger partial charge on any atom is 2.00 e. The van der Waals surface area contributed by atoms with Crippen LogP contribution in [-0.4, -0.2) is 28.7 Å². The van der Waals surface area contributed by atoms with Gasteiger partial charge in [0.15, 0.2) is 0 Å². The Morgan fingerprint density at radius 3 is 2.29 bits per heavy atom. The van der Waals surface area contributed by atoms with Crippen molar-refractivity contribution in [1.82, 2.24) is 0 Å². The molecule has 0 aliphatic carbocycles. The van der Waals surface area contributed by atoms with Gasteiger partial charge in [0.2, 0.25) is 0 Å². The van der Waals surface area contributed by atoms with Crippen LogP contribution in [0.2, 0.25) is 0 Å². The van der Waals surface area contributed by atoms with Crippen LogP contribution in [0.3, 0.4) is 0 Å². The summed E-state index contributed by atoms with van der Waals surface area (Å²) in [6.45, 7) is 8.13. The maximum absolute atomic E-state index is 5.66. The first-order chi connectivity index (χ1) is 5.47. The second kappa shape index (κ2) is 6.70. The van der Waals surface area contributed by atoms with Crippen molar-refractivity contribution in [3.8, 4) is 5.75 Å². The molecule has 0 atom stereocenters. The predicted molar refractivity (Wildman–Crippen MR) is 56.2 cm³/mol. The first kappa shape index (κ1) is 16.7. The fourth-order valence-electron chi connectivity index (χ4n) is 0.975. The van der Waals surface area contributed by atoms with E-state index in [1.165, 1.54) is 0 Å². The smallest absolute Gasteiger partial charge is 1.00 e. The van der Waals surface area contributed by atoms with Gasteiger partial charge in [-0.1, -0.05) is 6.92 Å². The van der Waals surface area contributed by atoms with Gasteiger partial charge in [0.05, 0.1) is 5.60 Å². The summed E-state index contributed by atoms with van der Waals surface area (Å²) in [5, 5.41) is 0. The minimum atomic E-state index is -0.117. The van der Waals surface area contributed by atoms with Crippen molar-refractivity contribution in [1.29, 1.82) is 0 Å². The zero-order valence-electron chi connectivity index (χ0n) is 9.23. The average Bonchev–Trinajstić information content (AvgIpc) is 1.82. The van der Waals surface area contributed by atoms with Gasteiger partial charge in [0.1, 0.15) is 0 Å². The molecule has 0 bridgehead atoms. The monoisotopic (exact) mass is 266 g/mol. The van der Waals surface area contributed by atoms with E-state index in [1.807, 2.05) is 45.9 Å². The summed E-state index contributed by atoms with van der Waals surface area (Å²) in [6, 6.07) is 8.88. The molecule has 1 aromatic rings. The average molecular weight is 267 g/mol. The molecule has 0 fully saturated rings.